The first-order valence-electron chi connectivity index (χ1n) is 6.74. The van der Waals surface area contributed by atoms with Crippen LogP contribution in [-0.4, -0.2) is 11.1 Å². The molecular formula is C18H20O2. The maximum absolute atomic E-state index is 11.3. The van der Waals surface area contributed by atoms with E-state index in [9.17, 15) is 9.90 Å². The molecule has 0 heterocycles. The van der Waals surface area contributed by atoms with Gasteiger partial charge < -0.3 is 5.11 Å². The fourth-order valence-corrected chi connectivity index (χ4v) is 2.12. The Morgan fingerprint density at radius 3 is 1.95 bits per heavy atom. The maximum atomic E-state index is 11.3. The SMILES string of the molecule is Cc1ccc(-c2ccc(C(C)(C)C(=O)O)cc2)cc1C. The van der Waals surface area contributed by atoms with Crippen LogP contribution in [0, 0.1) is 13.8 Å². The number of hydrogen-bond acceptors (Lipinski definition) is 1. The first-order valence-corrected chi connectivity index (χ1v) is 6.74. The monoisotopic (exact) mass is 268 g/mol. The molecule has 0 aliphatic heterocycles. The number of carboxylic acids is 1. The van der Waals surface area contributed by atoms with Gasteiger partial charge in [0, 0.05) is 0 Å². The van der Waals surface area contributed by atoms with E-state index >= 15 is 0 Å². The second-order valence-electron chi connectivity index (χ2n) is 5.81. The normalized spacial score (nSPS) is 11.4. The van der Waals surface area contributed by atoms with E-state index in [0.717, 1.165) is 16.7 Å². The molecule has 0 fully saturated rings. The summed E-state index contributed by atoms with van der Waals surface area (Å²) in [6, 6.07) is 14.2. The number of aryl methyl sites for hydroxylation is 2. The molecule has 0 aliphatic carbocycles. The van der Waals surface area contributed by atoms with E-state index in [1.807, 2.05) is 24.3 Å². The van der Waals surface area contributed by atoms with Crippen molar-refractivity contribution in [2.75, 3.05) is 0 Å². The average Bonchev–Trinajstić information content (AvgIpc) is 2.42. The van der Waals surface area contributed by atoms with Gasteiger partial charge in [0.2, 0.25) is 0 Å². The first-order chi connectivity index (χ1) is 9.32. The van der Waals surface area contributed by atoms with Gasteiger partial charge in [-0.25, -0.2) is 0 Å². The molecule has 0 aromatic heterocycles. The Labute approximate surface area is 120 Å². The number of rotatable bonds is 3. The summed E-state index contributed by atoms with van der Waals surface area (Å²) in [6.45, 7) is 7.64. The summed E-state index contributed by atoms with van der Waals surface area (Å²) in [6.07, 6.45) is 0. The Morgan fingerprint density at radius 2 is 1.45 bits per heavy atom. The molecule has 1 N–H and O–H groups in total. The second-order valence-corrected chi connectivity index (χ2v) is 5.81. The molecule has 0 unspecified atom stereocenters. The van der Waals surface area contributed by atoms with Gasteiger partial charge in [-0.1, -0.05) is 42.5 Å². The third-order valence-corrected chi connectivity index (χ3v) is 3.98. The summed E-state index contributed by atoms with van der Waals surface area (Å²) in [7, 11) is 0. The Balaban J connectivity index is 2.37. The van der Waals surface area contributed by atoms with Crippen molar-refractivity contribution in [1.29, 1.82) is 0 Å². The van der Waals surface area contributed by atoms with Crippen LogP contribution in [-0.2, 0) is 10.2 Å². The summed E-state index contributed by atoms with van der Waals surface area (Å²) < 4.78 is 0. The average molecular weight is 268 g/mol. The topological polar surface area (TPSA) is 37.3 Å². The summed E-state index contributed by atoms with van der Waals surface area (Å²) in [5.41, 5.74) is 4.76. The van der Waals surface area contributed by atoms with Crippen LogP contribution in [0.4, 0.5) is 0 Å². The molecule has 0 atom stereocenters. The lowest BCUT2D eigenvalue weighted by Gasteiger charge is -2.20. The molecule has 0 aliphatic rings. The molecular weight excluding hydrogens is 248 g/mol. The van der Waals surface area contributed by atoms with Crippen molar-refractivity contribution in [1.82, 2.24) is 0 Å². The molecule has 104 valence electrons. The zero-order valence-corrected chi connectivity index (χ0v) is 12.4. The van der Waals surface area contributed by atoms with E-state index in [-0.39, 0.29) is 0 Å². The molecule has 2 rings (SSSR count). The third-order valence-electron chi connectivity index (χ3n) is 3.98. The van der Waals surface area contributed by atoms with E-state index < -0.39 is 11.4 Å². The molecule has 0 saturated carbocycles. The Hall–Kier alpha value is -2.09. The van der Waals surface area contributed by atoms with Gasteiger partial charge in [0.1, 0.15) is 0 Å². The van der Waals surface area contributed by atoms with Crippen molar-refractivity contribution in [3.8, 4) is 11.1 Å². The van der Waals surface area contributed by atoms with Crippen molar-refractivity contribution in [2.45, 2.75) is 33.1 Å². The van der Waals surface area contributed by atoms with Gasteiger partial charge in [0.05, 0.1) is 5.41 Å². The van der Waals surface area contributed by atoms with Crippen molar-refractivity contribution in [3.63, 3.8) is 0 Å². The summed E-state index contributed by atoms with van der Waals surface area (Å²) in [5.74, 6) is -0.809. The lowest BCUT2D eigenvalue weighted by molar-refractivity contribution is -0.142. The Morgan fingerprint density at radius 1 is 0.900 bits per heavy atom. The van der Waals surface area contributed by atoms with Gasteiger partial charge in [-0.3, -0.25) is 4.79 Å². The lowest BCUT2D eigenvalue weighted by atomic mass is 9.84. The Bertz CT molecular complexity index is 637. The van der Waals surface area contributed by atoms with Gasteiger partial charge in [-0.2, -0.15) is 0 Å². The predicted molar refractivity (Wildman–Crippen MR) is 82.0 cm³/mol. The zero-order chi connectivity index (χ0) is 14.9. The summed E-state index contributed by atoms with van der Waals surface area (Å²) >= 11 is 0. The van der Waals surface area contributed by atoms with Crippen LogP contribution >= 0.6 is 0 Å². The molecule has 20 heavy (non-hydrogen) atoms. The minimum Gasteiger partial charge on any atom is -0.481 e. The van der Waals surface area contributed by atoms with Gasteiger partial charge in [-0.05, 0) is 55.5 Å². The highest BCUT2D eigenvalue weighted by molar-refractivity contribution is 5.80. The summed E-state index contributed by atoms with van der Waals surface area (Å²) in [5, 5.41) is 9.25. The molecule has 2 aromatic carbocycles. The van der Waals surface area contributed by atoms with Crippen LogP contribution in [0.5, 0.6) is 0 Å². The van der Waals surface area contributed by atoms with Crippen LogP contribution in [0.1, 0.15) is 30.5 Å². The zero-order valence-electron chi connectivity index (χ0n) is 12.4. The largest absolute Gasteiger partial charge is 0.481 e. The van der Waals surface area contributed by atoms with Crippen LogP contribution in [0.25, 0.3) is 11.1 Å². The Kier molecular flexibility index (Phi) is 3.67. The highest BCUT2D eigenvalue weighted by atomic mass is 16.4. The van der Waals surface area contributed by atoms with E-state index in [0.29, 0.717) is 0 Å². The minimum absolute atomic E-state index is 0.809. The number of benzene rings is 2. The standard InChI is InChI=1S/C18H20O2/c1-12-5-6-15(11-13(12)2)14-7-9-16(10-8-14)18(3,4)17(19)20/h5-11H,1-4H3,(H,19,20). The van der Waals surface area contributed by atoms with E-state index in [2.05, 4.69) is 32.0 Å². The molecule has 0 radical (unpaired) electrons. The van der Waals surface area contributed by atoms with Crippen LogP contribution < -0.4 is 0 Å². The number of carboxylic acid groups (broad SMARTS) is 1. The fraction of sp³-hybridized carbons (Fsp3) is 0.278. The number of hydrogen-bond donors (Lipinski definition) is 1. The molecule has 0 spiro atoms. The summed E-state index contributed by atoms with van der Waals surface area (Å²) in [4.78, 5) is 11.3. The number of carbonyl (C=O) groups is 1. The molecule has 2 heteroatoms. The highest BCUT2D eigenvalue weighted by Gasteiger charge is 2.29. The van der Waals surface area contributed by atoms with Crippen LogP contribution in [0.3, 0.4) is 0 Å². The number of aliphatic carboxylic acids is 1. The highest BCUT2D eigenvalue weighted by Crippen LogP contribution is 2.27. The van der Waals surface area contributed by atoms with Crippen LogP contribution in [0.15, 0.2) is 42.5 Å². The fourth-order valence-electron chi connectivity index (χ4n) is 2.12. The molecule has 2 nitrogen and oxygen atoms in total. The van der Waals surface area contributed by atoms with Gasteiger partial charge >= 0.3 is 5.97 Å². The van der Waals surface area contributed by atoms with Crippen molar-refractivity contribution < 1.29 is 9.90 Å². The van der Waals surface area contributed by atoms with Gasteiger partial charge in [0.25, 0.3) is 0 Å². The predicted octanol–water partition coefficient (Wildman–Crippen LogP) is 4.33. The van der Waals surface area contributed by atoms with Crippen molar-refractivity contribution >= 4 is 5.97 Å². The van der Waals surface area contributed by atoms with Gasteiger partial charge in [0.15, 0.2) is 0 Å². The smallest absolute Gasteiger partial charge is 0.313 e. The van der Waals surface area contributed by atoms with E-state index in [1.54, 1.807) is 13.8 Å². The van der Waals surface area contributed by atoms with Crippen molar-refractivity contribution in [2.24, 2.45) is 0 Å². The first kappa shape index (κ1) is 14.3. The van der Waals surface area contributed by atoms with E-state index in [1.165, 1.54) is 11.1 Å². The molecule has 0 bridgehead atoms. The van der Waals surface area contributed by atoms with Gasteiger partial charge in [-0.15, -0.1) is 0 Å². The van der Waals surface area contributed by atoms with Crippen molar-refractivity contribution in [3.05, 3.63) is 59.2 Å². The van der Waals surface area contributed by atoms with E-state index in [4.69, 9.17) is 0 Å². The van der Waals surface area contributed by atoms with Crippen LogP contribution in [0.2, 0.25) is 0 Å². The maximum Gasteiger partial charge on any atom is 0.313 e. The minimum atomic E-state index is -0.859. The quantitative estimate of drug-likeness (QED) is 0.899. The molecule has 0 saturated heterocycles. The second kappa shape index (κ2) is 5.12. The molecule has 2 aromatic rings. The molecule has 0 amide bonds. The third kappa shape index (κ3) is 2.60. The lowest BCUT2D eigenvalue weighted by Crippen LogP contribution is -2.28.